The summed E-state index contributed by atoms with van der Waals surface area (Å²) >= 11 is 8.02. The number of rotatable bonds is 4. The van der Waals surface area contributed by atoms with Gasteiger partial charge in [-0.05, 0) is 70.3 Å². The number of halogens is 1. The maximum absolute atomic E-state index is 12.8. The van der Waals surface area contributed by atoms with Crippen LogP contribution in [0.5, 0.6) is 0 Å². The Morgan fingerprint density at radius 1 is 1.10 bits per heavy atom. The van der Waals surface area contributed by atoms with Crippen LogP contribution in [0.2, 0.25) is 5.02 Å². The van der Waals surface area contributed by atoms with Crippen LogP contribution in [-0.2, 0) is 45.3 Å². The van der Waals surface area contributed by atoms with Crippen molar-refractivity contribution in [2.75, 3.05) is 12.4 Å². The molecule has 0 radical (unpaired) electrons. The molecule has 220 valence electrons. The zero-order valence-corrected chi connectivity index (χ0v) is 26.5. The first-order valence-corrected chi connectivity index (χ1v) is 15.4. The molecule has 11 heteroatoms. The van der Waals surface area contributed by atoms with Crippen molar-refractivity contribution in [3.8, 4) is 11.3 Å². The summed E-state index contributed by atoms with van der Waals surface area (Å²) in [5.74, 6) is 0.167. The number of anilines is 1. The molecular formula is C29H40ClIrN6O3. The number of nitrogens with one attached hydrogen (secondary N) is 2. The molecule has 2 aromatic rings. The van der Waals surface area contributed by atoms with Gasteiger partial charge in [-0.1, -0.05) is 47.5 Å². The van der Waals surface area contributed by atoms with E-state index in [-0.39, 0.29) is 23.8 Å². The van der Waals surface area contributed by atoms with E-state index in [1.165, 1.54) is 32.6 Å². The third kappa shape index (κ3) is 10.2. The van der Waals surface area contributed by atoms with Crippen LogP contribution in [0.15, 0.2) is 36.6 Å². The average molecular weight is 748 g/mol. The Hall–Kier alpha value is -2.39. The molecule has 3 heterocycles. The molecule has 9 nitrogen and oxygen atoms in total. The number of hydrogen-bond donors (Lipinski definition) is 2. The van der Waals surface area contributed by atoms with Crippen LogP contribution in [0, 0.1) is 5.92 Å². The topological polar surface area (TPSA) is 111 Å². The van der Waals surface area contributed by atoms with Crippen molar-refractivity contribution in [2.24, 2.45) is 5.92 Å². The number of carbonyl (C=O) groups is 2. The van der Waals surface area contributed by atoms with Gasteiger partial charge < -0.3 is 10.6 Å². The summed E-state index contributed by atoms with van der Waals surface area (Å²) < 4.78 is 6.18. The van der Waals surface area contributed by atoms with E-state index in [0.29, 0.717) is 17.3 Å². The molecule has 0 unspecified atom stereocenters. The summed E-state index contributed by atoms with van der Waals surface area (Å²) in [6.45, 7) is 2.37. The molecule has 1 fully saturated rings. The van der Waals surface area contributed by atoms with Crippen LogP contribution in [0.4, 0.5) is 5.82 Å². The van der Waals surface area contributed by atoms with Crippen LogP contribution < -0.4 is 10.6 Å². The van der Waals surface area contributed by atoms with Crippen molar-refractivity contribution in [3.05, 3.63) is 47.3 Å². The molecule has 0 saturated heterocycles. The normalized spacial score (nSPS) is 21.5. The number of pyridine rings is 1. The van der Waals surface area contributed by atoms with Crippen molar-refractivity contribution in [2.45, 2.75) is 90.1 Å². The molecule has 0 spiro atoms. The predicted molar refractivity (Wildman–Crippen MR) is 153 cm³/mol. The molecule has 0 aromatic carbocycles. The summed E-state index contributed by atoms with van der Waals surface area (Å²) in [7, 11) is 1.62. The standard InChI is InChI=1S/C20H25ClN6O2.C8H12.CH3O.Ir/c1-12(28)23-14-6-4-5-13(9-14)20(29)24-18-10-15(16(21)11-22-18)19-17-7-2-3-8-27(17)26-25-19;1-2-4-6-8-7-5-3-1;1-2;/h10-11,13-14H,2-9H2,1H3,(H,23,28)(H,22,24,29);1-4H,5-8H2;1H3;/q;;-1;+1/b;3-1-,4-2-;;/t13-,14+;;;/m0.../s1. The zero-order chi connectivity index (χ0) is 28.7. The molecule has 3 aliphatic rings. The first-order valence-electron chi connectivity index (χ1n) is 14.0. The second-order valence-electron chi connectivity index (χ2n) is 10.1. The van der Waals surface area contributed by atoms with Crippen LogP contribution in [0.25, 0.3) is 11.3 Å². The van der Waals surface area contributed by atoms with Gasteiger partial charge in [0.1, 0.15) is 11.5 Å². The molecule has 2 N–H and O–H groups in total. The third-order valence-electron chi connectivity index (χ3n) is 7.06. The SMILES string of the molecule is C1=C\CCCC\C=C/1.CC(=O)N[C@@H]1CCC[C@H](C(=O)Nc2cc(-c3nnn4c3CCCC4)c(Cl)cn2)C1.C[O][Ir]. The van der Waals surface area contributed by atoms with Crippen LogP contribution in [-0.4, -0.2) is 44.9 Å². The van der Waals surface area contributed by atoms with Crippen molar-refractivity contribution < 1.29 is 32.4 Å². The van der Waals surface area contributed by atoms with E-state index >= 15 is 0 Å². The van der Waals surface area contributed by atoms with Crippen molar-refractivity contribution in [1.29, 1.82) is 0 Å². The Balaban J connectivity index is 0.000000337. The van der Waals surface area contributed by atoms with Crippen LogP contribution in [0.3, 0.4) is 0 Å². The molecule has 1 aliphatic heterocycles. The van der Waals surface area contributed by atoms with Gasteiger partial charge in [-0.25, -0.2) is 9.67 Å². The molecule has 2 aromatic heterocycles. The molecule has 0 bridgehead atoms. The first-order chi connectivity index (χ1) is 19.4. The monoisotopic (exact) mass is 748 g/mol. The fraction of sp³-hybridized carbons (Fsp3) is 0.552. The molecule has 2 aliphatic carbocycles. The summed E-state index contributed by atoms with van der Waals surface area (Å²) in [6.07, 6.45) is 21.9. The summed E-state index contributed by atoms with van der Waals surface area (Å²) in [4.78, 5) is 28.4. The van der Waals surface area contributed by atoms with Gasteiger partial charge in [0, 0.05) is 37.2 Å². The number of nitrogens with zero attached hydrogens (tertiary/aromatic N) is 4. The van der Waals surface area contributed by atoms with Gasteiger partial charge in [-0.2, -0.15) is 0 Å². The molecule has 40 heavy (non-hydrogen) atoms. The van der Waals surface area contributed by atoms with Gasteiger partial charge in [-0.3, -0.25) is 9.59 Å². The number of fused-ring (bicyclic) bond motifs is 1. The van der Waals surface area contributed by atoms with E-state index in [4.69, 9.17) is 11.6 Å². The average Bonchev–Trinajstić information content (AvgIpc) is 3.34. The summed E-state index contributed by atoms with van der Waals surface area (Å²) in [5.41, 5.74) is 2.57. The number of carbonyl (C=O) groups excluding carboxylic acids is 2. The quantitative estimate of drug-likeness (QED) is 0.414. The number of hydrogen-bond acceptors (Lipinski definition) is 6. The Kier molecular flexibility index (Phi) is 14.0. The van der Waals surface area contributed by atoms with Gasteiger partial charge in [-0.15, -0.1) is 5.10 Å². The van der Waals surface area contributed by atoms with Gasteiger partial charge in [0.25, 0.3) is 0 Å². The molecule has 1 saturated carbocycles. The minimum absolute atomic E-state index is 0.0499. The maximum atomic E-state index is 12.8. The Morgan fingerprint density at radius 3 is 2.52 bits per heavy atom. The van der Waals surface area contributed by atoms with Crippen molar-refractivity contribution in [3.63, 3.8) is 0 Å². The summed E-state index contributed by atoms with van der Waals surface area (Å²) in [6, 6.07) is 1.82. The molecule has 2 atom stereocenters. The third-order valence-corrected chi connectivity index (χ3v) is 7.36. The van der Waals surface area contributed by atoms with Gasteiger partial charge in [0.2, 0.25) is 11.8 Å². The van der Waals surface area contributed by atoms with E-state index < -0.39 is 0 Å². The first kappa shape index (κ1) is 32.1. The van der Waals surface area contributed by atoms with Crippen molar-refractivity contribution in [1.82, 2.24) is 25.3 Å². The van der Waals surface area contributed by atoms with Gasteiger partial charge >= 0.3 is 29.9 Å². The number of amides is 2. The zero-order valence-electron chi connectivity index (χ0n) is 23.3. The van der Waals surface area contributed by atoms with Crippen LogP contribution in [0.1, 0.15) is 76.8 Å². The molecule has 5 rings (SSSR count). The van der Waals surface area contributed by atoms with Gasteiger partial charge in [0.15, 0.2) is 0 Å². The minimum atomic E-state index is -0.149. The van der Waals surface area contributed by atoms with E-state index in [1.54, 1.807) is 38.6 Å². The number of allylic oxidation sites excluding steroid dienone is 4. The second kappa shape index (κ2) is 17.4. The Morgan fingerprint density at radius 2 is 1.82 bits per heavy atom. The number of aromatic nitrogens is 4. The molecular weight excluding hydrogens is 708 g/mol. The van der Waals surface area contributed by atoms with Crippen molar-refractivity contribution >= 4 is 29.2 Å². The fourth-order valence-electron chi connectivity index (χ4n) is 5.16. The predicted octanol–water partition coefficient (Wildman–Crippen LogP) is 5.73. The summed E-state index contributed by atoms with van der Waals surface area (Å²) in [5, 5.41) is 14.9. The Labute approximate surface area is 253 Å². The van der Waals surface area contributed by atoms with Gasteiger partial charge in [0.05, 0.1) is 10.7 Å². The van der Waals surface area contributed by atoms with E-state index in [0.717, 1.165) is 62.0 Å². The van der Waals surface area contributed by atoms with E-state index in [2.05, 4.69) is 53.7 Å². The van der Waals surface area contributed by atoms with E-state index in [1.807, 2.05) is 4.68 Å². The van der Waals surface area contributed by atoms with Crippen LogP contribution >= 0.6 is 11.6 Å². The van der Waals surface area contributed by atoms with E-state index in [9.17, 15) is 9.59 Å². The second-order valence-corrected chi connectivity index (χ2v) is 11.5. The Bertz CT molecular complexity index is 1150. The fourth-order valence-corrected chi connectivity index (χ4v) is 5.35. The number of aryl methyl sites for hydroxylation is 1. The molecule has 2 amide bonds.